The topological polar surface area (TPSA) is 158 Å². The minimum absolute atomic E-state index is 0.000115. The molecule has 1 aliphatic heterocycles. The van der Waals surface area contributed by atoms with E-state index >= 15 is 0 Å². The molecule has 11 nitrogen and oxygen atoms in total. The minimum Gasteiger partial charge on any atom is -0.480 e. The molecule has 1 aromatic heterocycles. The summed E-state index contributed by atoms with van der Waals surface area (Å²) in [7, 11) is -3.91. The van der Waals surface area contributed by atoms with Crippen LogP contribution in [0.5, 0.6) is 0 Å². The number of carboxylic acids is 1. The largest absolute Gasteiger partial charge is 0.480 e. The third-order valence-electron chi connectivity index (χ3n) is 6.89. The Balaban J connectivity index is 1.33. The Morgan fingerprint density at radius 3 is 2.36 bits per heavy atom. The second-order valence-electron chi connectivity index (χ2n) is 10.0. The first-order valence-corrected chi connectivity index (χ1v) is 15.2. The molecule has 2 aromatic carbocycles. The van der Waals surface area contributed by atoms with E-state index in [4.69, 9.17) is 22.4 Å². The van der Waals surface area contributed by atoms with Gasteiger partial charge in [0.05, 0.1) is 10.5 Å². The number of aliphatic carboxylic acids is 1. The zero-order valence-electron chi connectivity index (χ0n) is 23.2. The van der Waals surface area contributed by atoms with Crippen molar-refractivity contribution in [1.29, 1.82) is 0 Å². The highest BCUT2D eigenvalue weighted by atomic mass is 35.5. The molecular weight excluding hydrogens is 625 g/mol. The number of piperazine rings is 1. The molecule has 1 aliphatic rings. The summed E-state index contributed by atoms with van der Waals surface area (Å²) in [5.74, 6) is -1.46. The van der Waals surface area contributed by atoms with Gasteiger partial charge in [-0.25, -0.2) is 13.4 Å². The predicted octanol–water partition coefficient (Wildman–Crippen LogP) is 3.41. The maximum Gasteiger partial charge on any atom is 0.416 e. The molecule has 0 radical (unpaired) electrons. The number of nitrogens with two attached hydrogens (primary N) is 1. The van der Waals surface area contributed by atoms with Crippen molar-refractivity contribution in [2.75, 3.05) is 42.9 Å². The zero-order chi connectivity index (χ0) is 32.1. The van der Waals surface area contributed by atoms with Gasteiger partial charge in [0.1, 0.15) is 17.0 Å². The van der Waals surface area contributed by atoms with E-state index in [1.165, 1.54) is 28.6 Å². The molecule has 5 N–H and O–H groups in total. The number of hydrogen-bond acceptors (Lipinski definition) is 8. The molecule has 1 amide bonds. The average Bonchev–Trinajstić information content (AvgIpc) is 2.99. The van der Waals surface area contributed by atoms with Gasteiger partial charge in [0.25, 0.3) is 5.91 Å². The molecule has 0 unspecified atom stereocenters. The monoisotopic (exact) mass is 654 g/mol. The number of benzene rings is 2. The first-order valence-electron chi connectivity index (χ1n) is 13.4. The van der Waals surface area contributed by atoms with Gasteiger partial charge in [0, 0.05) is 44.0 Å². The SMILES string of the molecule is N[C@H](CCNCc1cccc(C(=O)Nc2ccc(S(=O)(=O)N3CCN(c4cc(C(F)(F)F)cc(Cl)n4)CC3)cc2)c1)C(=O)O. The highest BCUT2D eigenvalue weighted by molar-refractivity contribution is 7.89. The number of nitrogens with zero attached hydrogens (tertiary/aromatic N) is 3. The zero-order valence-corrected chi connectivity index (χ0v) is 24.8. The van der Waals surface area contributed by atoms with E-state index in [0.29, 0.717) is 24.3 Å². The van der Waals surface area contributed by atoms with Crippen molar-refractivity contribution in [1.82, 2.24) is 14.6 Å². The lowest BCUT2D eigenvalue weighted by molar-refractivity contribution is -0.139. The second kappa shape index (κ2) is 13.9. The van der Waals surface area contributed by atoms with Crippen LogP contribution in [0.1, 0.15) is 27.9 Å². The summed E-state index contributed by atoms with van der Waals surface area (Å²) >= 11 is 5.79. The molecule has 1 saturated heterocycles. The summed E-state index contributed by atoms with van der Waals surface area (Å²) in [6.45, 7) is 1.06. The van der Waals surface area contributed by atoms with Crippen LogP contribution in [0, 0.1) is 0 Å². The van der Waals surface area contributed by atoms with Crippen LogP contribution in [-0.2, 0) is 27.5 Å². The Bertz CT molecular complexity index is 1600. The molecule has 1 atom stereocenters. The first-order chi connectivity index (χ1) is 20.7. The fraction of sp³-hybridized carbons (Fsp3) is 0.321. The number of amides is 1. The predicted molar refractivity (Wildman–Crippen MR) is 158 cm³/mol. The van der Waals surface area contributed by atoms with Crippen LogP contribution in [0.25, 0.3) is 0 Å². The number of sulfonamides is 1. The second-order valence-corrected chi connectivity index (χ2v) is 12.3. The summed E-state index contributed by atoms with van der Waals surface area (Å²) in [6.07, 6.45) is -4.34. The summed E-state index contributed by atoms with van der Waals surface area (Å²) in [4.78, 5) is 29.1. The summed E-state index contributed by atoms with van der Waals surface area (Å²) in [6, 6.07) is 13.2. The fourth-order valence-corrected chi connectivity index (χ4v) is 6.09. The first kappa shape index (κ1) is 33.1. The molecule has 2 heterocycles. The van der Waals surface area contributed by atoms with Gasteiger partial charge < -0.3 is 26.4 Å². The highest BCUT2D eigenvalue weighted by Crippen LogP contribution is 2.33. The number of carbonyl (C=O) groups is 2. The third-order valence-corrected chi connectivity index (χ3v) is 8.99. The smallest absolute Gasteiger partial charge is 0.416 e. The van der Waals surface area contributed by atoms with Crippen LogP contribution in [0.2, 0.25) is 5.15 Å². The fourth-order valence-electron chi connectivity index (χ4n) is 4.47. The maximum atomic E-state index is 13.2. The third kappa shape index (κ3) is 8.45. The number of carboxylic acid groups (broad SMARTS) is 1. The van der Waals surface area contributed by atoms with Crippen molar-refractivity contribution in [3.05, 3.63) is 82.5 Å². The van der Waals surface area contributed by atoms with Gasteiger partial charge >= 0.3 is 12.1 Å². The van der Waals surface area contributed by atoms with E-state index in [2.05, 4.69) is 15.6 Å². The van der Waals surface area contributed by atoms with Crippen molar-refractivity contribution in [2.45, 2.75) is 30.1 Å². The number of halogens is 4. The van der Waals surface area contributed by atoms with Crippen LogP contribution in [-0.4, -0.2) is 73.5 Å². The Hall–Kier alpha value is -3.76. The Morgan fingerprint density at radius 1 is 1.05 bits per heavy atom. The summed E-state index contributed by atoms with van der Waals surface area (Å²) in [5.41, 5.74) is 6.10. The molecule has 44 heavy (non-hydrogen) atoms. The lowest BCUT2D eigenvalue weighted by atomic mass is 10.1. The molecule has 1 fully saturated rings. The van der Waals surface area contributed by atoms with Crippen LogP contribution < -0.4 is 21.3 Å². The quantitative estimate of drug-likeness (QED) is 0.180. The minimum atomic E-state index is -4.60. The van der Waals surface area contributed by atoms with E-state index in [1.54, 1.807) is 23.1 Å². The van der Waals surface area contributed by atoms with Gasteiger partial charge in [-0.3, -0.25) is 9.59 Å². The van der Waals surface area contributed by atoms with Crippen molar-refractivity contribution in [2.24, 2.45) is 5.73 Å². The van der Waals surface area contributed by atoms with Gasteiger partial charge in [-0.15, -0.1) is 0 Å². The number of aromatic nitrogens is 1. The Morgan fingerprint density at radius 2 is 1.73 bits per heavy atom. The number of pyridine rings is 1. The standard InChI is InChI=1S/C28H30ClF3N6O5S/c29-24-15-20(28(30,31)32)16-25(36-24)37-10-12-38(13-11-37)44(42,43)22-6-4-21(5-7-22)35-26(39)19-3-1-2-18(14-19)17-34-9-8-23(33)27(40)41/h1-7,14-16,23,34H,8-13,17,33H2,(H,35,39)(H,40,41)/t23-/m1/s1. The van der Waals surface area contributed by atoms with Gasteiger partial charge in [-0.05, 0) is 67.1 Å². The maximum absolute atomic E-state index is 13.2. The molecule has 0 spiro atoms. The number of rotatable bonds is 11. The molecule has 0 aliphatic carbocycles. The molecule has 236 valence electrons. The average molecular weight is 655 g/mol. The molecule has 0 bridgehead atoms. The summed E-state index contributed by atoms with van der Waals surface area (Å²) in [5, 5.41) is 14.3. The van der Waals surface area contributed by atoms with Crippen molar-refractivity contribution in [3.63, 3.8) is 0 Å². The van der Waals surface area contributed by atoms with Crippen LogP contribution in [0.3, 0.4) is 0 Å². The van der Waals surface area contributed by atoms with Gasteiger partial charge in [0.2, 0.25) is 10.0 Å². The van der Waals surface area contributed by atoms with Crippen LogP contribution in [0.4, 0.5) is 24.7 Å². The van der Waals surface area contributed by atoms with Gasteiger partial charge in [-0.1, -0.05) is 23.7 Å². The Labute approximate surface area is 256 Å². The van der Waals surface area contributed by atoms with E-state index in [-0.39, 0.29) is 48.5 Å². The van der Waals surface area contributed by atoms with Crippen molar-refractivity contribution in [3.8, 4) is 0 Å². The number of alkyl halides is 3. The molecule has 3 aromatic rings. The molecule has 0 saturated carbocycles. The normalized spacial score (nSPS) is 15.2. The van der Waals surface area contributed by atoms with E-state index in [9.17, 15) is 31.2 Å². The van der Waals surface area contributed by atoms with E-state index in [1.807, 2.05) is 6.07 Å². The number of carbonyl (C=O) groups excluding carboxylic acids is 1. The lowest BCUT2D eigenvalue weighted by Gasteiger charge is -2.35. The molecular formula is C28H30ClF3N6O5S. The van der Waals surface area contributed by atoms with Gasteiger partial charge in [0.15, 0.2) is 0 Å². The summed E-state index contributed by atoms with van der Waals surface area (Å²) < 4.78 is 67.2. The number of anilines is 2. The lowest BCUT2D eigenvalue weighted by Crippen LogP contribution is -2.49. The number of hydrogen-bond donors (Lipinski definition) is 4. The van der Waals surface area contributed by atoms with Crippen molar-refractivity contribution >= 4 is 45.0 Å². The van der Waals surface area contributed by atoms with Crippen LogP contribution in [0.15, 0.2) is 65.6 Å². The molecule has 4 rings (SSSR count). The van der Waals surface area contributed by atoms with Crippen molar-refractivity contribution < 1.29 is 36.3 Å². The molecule has 16 heteroatoms. The highest BCUT2D eigenvalue weighted by Gasteiger charge is 2.33. The van der Waals surface area contributed by atoms with Crippen LogP contribution >= 0.6 is 11.6 Å². The van der Waals surface area contributed by atoms with Gasteiger partial charge in [-0.2, -0.15) is 17.5 Å². The van der Waals surface area contributed by atoms with E-state index in [0.717, 1.165) is 17.7 Å². The number of nitrogens with one attached hydrogen (secondary N) is 2. The van der Waals surface area contributed by atoms with E-state index < -0.39 is 39.7 Å². The Kier molecular flexibility index (Phi) is 10.5.